The van der Waals surface area contributed by atoms with Crippen molar-refractivity contribution in [2.75, 3.05) is 18.0 Å². The van der Waals surface area contributed by atoms with Crippen molar-refractivity contribution in [3.05, 3.63) is 48.1 Å². The Hall–Kier alpha value is -2.67. The Bertz CT molecular complexity index is 971. The highest BCUT2D eigenvalue weighted by Gasteiger charge is 2.38. The van der Waals surface area contributed by atoms with Gasteiger partial charge in [-0.3, -0.25) is 4.79 Å². The van der Waals surface area contributed by atoms with Crippen LogP contribution in [0, 0.1) is 5.92 Å². The van der Waals surface area contributed by atoms with Crippen LogP contribution < -0.4 is 15.0 Å². The van der Waals surface area contributed by atoms with Crippen LogP contribution in [0.25, 0.3) is 10.2 Å². The number of anilines is 1. The number of ether oxygens (including phenoxy) is 1. The molecule has 1 amide bonds. The summed E-state index contributed by atoms with van der Waals surface area (Å²) in [5.41, 5.74) is 2.76. The molecule has 1 saturated heterocycles. The number of fused-ring (bicyclic) bond motifs is 1. The van der Waals surface area contributed by atoms with Gasteiger partial charge >= 0.3 is 0 Å². The van der Waals surface area contributed by atoms with Gasteiger partial charge < -0.3 is 15.0 Å². The number of carbonyl (C=O) groups excluding carboxylic acids is 1. The van der Waals surface area contributed by atoms with Crippen molar-refractivity contribution in [1.82, 2.24) is 15.3 Å². The van der Waals surface area contributed by atoms with Gasteiger partial charge in [-0.25, -0.2) is 9.97 Å². The Morgan fingerprint density at radius 1 is 1.18 bits per heavy atom. The van der Waals surface area contributed by atoms with Crippen LogP contribution in [0.15, 0.2) is 48.1 Å². The summed E-state index contributed by atoms with van der Waals surface area (Å²) in [6.07, 6.45) is 4.39. The van der Waals surface area contributed by atoms with Gasteiger partial charge in [0.2, 0.25) is 5.91 Å². The van der Waals surface area contributed by atoms with Crippen LogP contribution >= 0.6 is 11.3 Å². The largest absolute Gasteiger partial charge is 0.488 e. The number of para-hydroxylation sites is 1. The van der Waals surface area contributed by atoms with Gasteiger partial charge in [-0.2, -0.15) is 0 Å². The molecule has 7 heteroatoms. The molecular formula is C21H22N4O2S. The maximum Gasteiger partial charge on any atom is 0.223 e. The molecule has 0 spiro atoms. The maximum absolute atomic E-state index is 12.6. The number of rotatable bonds is 5. The Morgan fingerprint density at radius 2 is 2.11 bits per heavy atom. The molecule has 0 bridgehead atoms. The summed E-state index contributed by atoms with van der Waals surface area (Å²) in [7, 11) is 0. The van der Waals surface area contributed by atoms with E-state index in [9.17, 15) is 4.79 Å². The van der Waals surface area contributed by atoms with E-state index in [1.165, 1.54) is 0 Å². The quantitative estimate of drug-likeness (QED) is 0.720. The van der Waals surface area contributed by atoms with Gasteiger partial charge in [0.15, 0.2) is 0 Å². The van der Waals surface area contributed by atoms with Gasteiger partial charge in [-0.1, -0.05) is 12.1 Å². The SMILES string of the molecule is O=C(NC1CCN(c2ccccn2)C1)C1CC(Oc2cccc3scnc23)C1. The predicted molar refractivity (Wildman–Crippen MR) is 110 cm³/mol. The number of amides is 1. The van der Waals surface area contributed by atoms with E-state index >= 15 is 0 Å². The first-order chi connectivity index (χ1) is 13.8. The highest BCUT2D eigenvalue weighted by molar-refractivity contribution is 7.16. The topological polar surface area (TPSA) is 67.4 Å². The number of aromatic nitrogens is 2. The molecule has 1 aliphatic heterocycles. The molecule has 28 heavy (non-hydrogen) atoms. The van der Waals surface area contributed by atoms with Crippen molar-refractivity contribution < 1.29 is 9.53 Å². The Kier molecular flexibility index (Phi) is 4.60. The van der Waals surface area contributed by atoms with Crippen molar-refractivity contribution in [3.8, 4) is 5.75 Å². The summed E-state index contributed by atoms with van der Waals surface area (Å²) in [6, 6.07) is 12.1. The van der Waals surface area contributed by atoms with E-state index in [0.29, 0.717) is 0 Å². The fraction of sp³-hybridized carbons (Fsp3) is 0.381. The lowest BCUT2D eigenvalue weighted by Gasteiger charge is -2.35. The molecule has 3 aromatic rings. The summed E-state index contributed by atoms with van der Waals surface area (Å²) < 4.78 is 7.22. The molecule has 0 radical (unpaired) electrons. The number of nitrogens with one attached hydrogen (secondary N) is 1. The first kappa shape index (κ1) is 17.4. The van der Waals surface area contributed by atoms with E-state index in [1.807, 2.05) is 48.1 Å². The van der Waals surface area contributed by atoms with Crippen LogP contribution in [0.5, 0.6) is 5.75 Å². The molecule has 1 atom stereocenters. The Labute approximate surface area is 167 Å². The number of nitrogens with zero attached hydrogens (tertiary/aromatic N) is 3. The number of hydrogen-bond donors (Lipinski definition) is 1. The zero-order valence-electron chi connectivity index (χ0n) is 15.5. The van der Waals surface area contributed by atoms with E-state index < -0.39 is 0 Å². The molecule has 5 rings (SSSR count). The van der Waals surface area contributed by atoms with E-state index in [1.54, 1.807) is 11.3 Å². The molecule has 2 aromatic heterocycles. The lowest BCUT2D eigenvalue weighted by atomic mass is 9.81. The monoisotopic (exact) mass is 394 g/mol. The third kappa shape index (κ3) is 3.42. The molecule has 2 fully saturated rings. The van der Waals surface area contributed by atoms with Crippen molar-refractivity contribution in [2.24, 2.45) is 5.92 Å². The van der Waals surface area contributed by atoms with Crippen molar-refractivity contribution in [2.45, 2.75) is 31.4 Å². The summed E-state index contributed by atoms with van der Waals surface area (Å²) in [5, 5.41) is 3.22. The number of pyridine rings is 1. The van der Waals surface area contributed by atoms with Crippen LogP contribution in [-0.4, -0.2) is 41.1 Å². The third-order valence-electron chi connectivity index (χ3n) is 5.59. The number of benzene rings is 1. The van der Waals surface area contributed by atoms with E-state index in [-0.39, 0.29) is 24.0 Å². The van der Waals surface area contributed by atoms with Crippen molar-refractivity contribution in [3.63, 3.8) is 0 Å². The van der Waals surface area contributed by atoms with Gasteiger partial charge in [-0.15, -0.1) is 11.3 Å². The normalized spacial score (nSPS) is 24.1. The lowest BCUT2D eigenvalue weighted by Crippen LogP contribution is -2.47. The molecule has 1 aromatic carbocycles. The fourth-order valence-electron chi connectivity index (χ4n) is 3.96. The second-order valence-corrected chi connectivity index (χ2v) is 8.38. The van der Waals surface area contributed by atoms with Gasteiger partial charge in [0.05, 0.1) is 10.2 Å². The zero-order valence-corrected chi connectivity index (χ0v) is 16.3. The van der Waals surface area contributed by atoms with Gasteiger partial charge in [0.25, 0.3) is 0 Å². The highest BCUT2D eigenvalue weighted by atomic mass is 32.1. The molecule has 1 N–H and O–H groups in total. The zero-order chi connectivity index (χ0) is 18.9. The van der Waals surface area contributed by atoms with Crippen LogP contribution in [0.3, 0.4) is 0 Å². The average molecular weight is 395 g/mol. The number of thiazole rings is 1. The lowest BCUT2D eigenvalue weighted by molar-refractivity contribution is -0.131. The van der Waals surface area contributed by atoms with E-state index in [4.69, 9.17) is 4.74 Å². The molecule has 6 nitrogen and oxygen atoms in total. The Morgan fingerprint density at radius 3 is 2.96 bits per heavy atom. The minimum atomic E-state index is 0.0449. The van der Waals surface area contributed by atoms with Gasteiger partial charge in [-0.05, 0) is 43.5 Å². The molecule has 2 aliphatic rings. The van der Waals surface area contributed by atoms with Crippen LogP contribution in [0.2, 0.25) is 0 Å². The molecule has 144 valence electrons. The minimum Gasteiger partial charge on any atom is -0.488 e. The summed E-state index contributed by atoms with van der Waals surface area (Å²) in [5.74, 6) is 2.00. The van der Waals surface area contributed by atoms with E-state index in [2.05, 4.69) is 20.2 Å². The highest BCUT2D eigenvalue weighted by Crippen LogP contribution is 2.35. The molecule has 1 saturated carbocycles. The maximum atomic E-state index is 12.6. The first-order valence-corrected chi connectivity index (χ1v) is 10.6. The van der Waals surface area contributed by atoms with Crippen LogP contribution in [0.4, 0.5) is 5.82 Å². The van der Waals surface area contributed by atoms with Crippen molar-refractivity contribution >= 4 is 33.3 Å². The van der Waals surface area contributed by atoms with Crippen LogP contribution in [-0.2, 0) is 4.79 Å². The molecule has 1 unspecified atom stereocenters. The first-order valence-electron chi connectivity index (χ1n) is 9.71. The summed E-state index contributed by atoms with van der Waals surface area (Å²) >= 11 is 1.61. The van der Waals surface area contributed by atoms with E-state index in [0.717, 1.165) is 54.1 Å². The number of hydrogen-bond acceptors (Lipinski definition) is 6. The fourth-order valence-corrected chi connectivity index (χ4v) is 4.65. The van der Waals surface area contributed by atoms with Gasteiger partial charge in [0, 0.05) is 31.2 Å². The standard InChI is InChI=1S/C21H22N4O2S/c26-21(24-15-7-9-25(12-15)19-6-1-2-8-22-19)14-10-16(11-14)27-17-4-3-5-18-20(17)23-13-28-18/h1-6,8,13-16H,7,9-12H2,(H,24,26). The molecular weight excluding hydrogens is 372 g/mol. The third-order valence-corrected chi connectivity index (χ3v) is 6.38. The van der Waals surface area contributed by atoms with Crippen molar-refractivity contribution in [1.29, 1.82) is 0 Å². The minimum absolute atomic E-state index is 0.0449. The smallest absolute Gasteiger partial charge is 0.223 e. The molecule has 3 heterocycles. The predicted octanol–water partition coefficient (Wildman–Crippen LogP) is 3.24. The van der Waals surface area contributed by atoms with Crippen LogP contribution in [0.1, 0.15) is 19.3 Å². The summed E-state index contributed by atoms with van der Waals surface area (Å²) in [4.78, 5) is 23.6. The second-order valence-electron chi connectivity index (χ2n) is 7.49. The molecule has 1 aliphatic carbocycles. The Balaban J connectivity index is 1.11. The van der Waals surface area contributed by atoms with Gasteiger partial charge in [0.1, 0.15) is 23.2 Å². The summed E-state index contributed by atoms with van der Waals surface area (Å²) in [6.45, 7) is 1.75. The second kappa shape index (κ2) is 7.39. The average Bonchev–Trinajstić information content (AvgIpc) is 3.34. The number of carbonyl (C=O) groups is 1.